The summed E-state index contributed by atoms with van der Waals surface area (Å²) in [6.45, 7) is 1.99. The van der Waals surface area contributed by atoms with Gasteiger partial charge >= 0.3 is 0 Å². The molecule has 0 fully saturated rings. The minimum Gasteiger partial charge on any atom is -0.325 e. The second-order valence-electron chi connectivity index (χ2n) is 9.43. The fourth-order valence-electron chi connectivity index (χ4n) is 4.17. The van der Waals surface area contributed by atoms with E-state index in [-0.39, 0.29) is 29.6 Å². The minimum atomic E-state index is -0.367. The van der Waals surface area contributed by atoms with E-state index in [1.165, 1.54) is 17.4 Å². The molecule has 0 aliphatic carbocycles. The zero-order valence-electron chi connectivity index (χ0n) is 22.3. The fraction of sp³-hybridized carbons (Fsp3) is 0.0588. The molecular weight excluding hydrogens is 530 g/mol. The van der Waals surface area contributed by atoms with E-state index in [0.29, 0.717) is 22.6 Å². The lowest BCUT2D eigenvalue weighted by molar-refractivity contribution is -0.115. The van der Waals surface area contributed by atoms with Gasteiger partial charge in [-0.2, -0.15) is 0 Å². The summed E-state index contributed by atoms with van der Waals surface area (Å²) < 4.78 is 0. The van der Waals surface area contributed by atoms with Crippen LogP contribution in [0.1, 0.15) is 32.7 Å². The van der Waals surface area contributed by atoms with Gasteiger partial charge in [-0.25, -0.2) is 4.98 Å². The predicted molar refractivity (Wildman–Crippen MR) is 165 cm³/mol. The number of hydrogen-bond acceptors (Lipinski definition) is 5. The van der Waals surface area contributed by atoms with Crippen molar-refractivity contribution in [3.8, 4) is 10.6 Å². The number of carbonyl (C=O) groups excluding carboxylic acids is 3. The molecule has 4 aromatic carbocycles. The highest BCUT2D eigenvalue weighted by molar-refractivity contribution is 7.13. The van der Waals surface area contributed by atoms with E-state index in [9.17, 15) is 14.4 Å². The molecule has 0 saturated carbocycles. The second-order valence-corrected chi connectivity index (χ2v) is 10.3. The van der Waals surface area contributed by atoms with Crippen LogP contribution in [-0.2, 0) is 16.0 Å². The van der Waals surface area contributed by atoms with Crippen LogP contribution in [0.4, 0.5) is 11.4 Å². The zero-order chi connectivity index (χ0) is 28.6. The van der Waals surface area contributed by atoms with Crippen LogP contribution < -0.4 is 10.6 Å². The molecule has 7 heteroatoms. The highest BCUT2D eigenvalue weighted by Gasteiger charge is 2.17. The van der Waals surface area contributed by atoms with E-state index in [0.717, 1.165) is 21.7 Å². The quantitative estimate of drug-likeness (QED) is 0.148. The molecule has 2 amide bonds. The van der Waals surface area contributed by atoms with Crippen LogP contribution in [0.2, 0.25) is 0 Å². The van der Waals surface area contributed by atoms with Crippen LogP contribution in [-0.4, -0.2) is 22.6 Å². The Labute approximate surface area is 242 Å². The van der Waals surface area contributed by atoms with Crippen LogP contribution in [0.15, 0.2) is 115 Å². The van der Waals surface area contributed by atoms with E-state index in [1.54, 1.807) is 48.5 Å². The highest BCUT2D eigenvalue weighted by atomic mass is 32.1. The topological polar surface area (TPSA) is 88.2 Å². The number of benzene rings is 4. The van der Waals surface area contributed by atoms with E-state index in [4.69, 9.17) is 0 Å². The molecule has 1 aromatic heterocycles. The van der Waals surface area contributed by atoms with E-state index >= 15 is 0 Å². The predicted octanol–water partition coefficient (Wildman–Crippen LogP) is 7.18. The number of hydrogen-bond donors (Lipinski definition) is 2. The van der Waals surface area contributed by atoms with Crippen molar-refractivity contribution < 1.29 is 14.4 Å². The third kappa shape index (κ3) is 7.29. The maximum Gasteiger partial charge on any atom is 0.248 e. The summed E-state index contributed by atoms with van der Waals surface area (Å²) in [4.78, 5) is 43.6. The first-order valence-corrected chi connectivity index (χ1v) is 13.9. The normalized spacial score (nSPS) is 10.9. The van der Waals surface area contributed by atoms with Gasteiger partial charge in [0, 0.05) is 33.8 Å². The van der Waals surface area contributed by atoms with Crippen LogP contribution >= 0.6 is 11.3 Å². The van der Waals surface area contributed by atoms with E-state index in [2.05, 4.69) is 15.6 Å². The molecule has 0 aliphatic rings. The molecule has 0 atom stereocenters. The average Bonchev–Trinajstić information content (AvgIpc) is 3.48. The summed E-state index contributed by atoms with van der Waals surface area (Å²) in [7, 11) is 0. The number of aromatic nitrogens is 1. The summed E-state index contributed by atoms with van der Waals surface area (Å²) in [5, 5.41) is 8.44. The van der Waals surface area contributed by atoms with Gasteiger partial charge in [0.2, 0.25) is 11.8 Å². The molecule has 202 valence electrons. The number of carbonyl (C=O) groups is 3. The van der Waals surface area contributed by atoms with Crippen LogP contribution in [0.5, 0.6) is 0 Å². The number of aryl methyl sites for hydroxylation is 1. The monoisotopic (exact) mass is 557 g/mol. The molecule has 5 aromatic rings. The molecule has 1 heterocycles. The third-order valence-corrected chi connectivity index (χ3v) is 7.18. The number of amides is 2. The summed E-state index contributed by atoms with van der Waals surface area (Å²) in [5.74, 6) is -0.874. The van der Waals surface area contributed by atoms with Crippen molar-refractivity contribution >= 4 is 46.4 Å². The molecule has 0 radical (unpaired) electrons. The van der Waals surface area contributed by atoms with Gasteiger partial charge in [0.05, 0.1) is 17.8 Å². The number of anilines is 2. The average molecular weight is 558 g/mol. The van der Waals surface area contributed by atoms with E-state index < -0.39 is 0 Å². The maximum atomic E-state index is 13.4. The van der Waals surface area contributed by atoms with Crippen LogP contribution in [0, 0.1) is 6.92 Å². The first-order valence-electron chi connectivity index (χ1n) is 13.0. The number of nitrogens with one attached hydrogen (secondary N) is 2. The Morgan fingerprint density at radius 2 is 1.54 bits per heavy atom. The first-order chi connectivity index (χ1) is 19.9. The molecule has 0 aliphatic heterocycles. The van der Waals surface area contributed by atoms with Crippen LogP contribution in [0.25, 0.3) is 16.6 Å². The second kappa shape index (κ2) is 12.8. The number of rotatable bonds is 9. The van der Waals surface area contributed by atoms with Gasteiger partial charge in [-0.15, -0.1) is 11.3 Å². The number of thiazole rings is 1. The van der Waals surface area contributed by atoms with Crippen molar-refractivity contribution in [2.24, 2.45) is 0 Å². The Morgan fingerprint density at radius 1 is 0.829 bits per heavy atom. The van der Waals surface area contributed by atoms with Gasteiger partial charge in [-0.1, -0.05) is 90.5 Å². The maximum absolute atomic E-state index is 13.4. The molecule has 6 nitrogen and oxygen atoms in total. The standard InChI is InChI=1S/C34H27N3O3S/c1-23-12-14-24(15-13-23)20-32(39)37-30-18-16-27(21-29(30)33(40)25-8-4-2-5-9-25)35-31(38)19-17-28-22-41-34(36-28)26-10-6-3-7-11-26/h2-19,21-22H,20H2,1H3,(H,35,38)(H,37,39)/b19-17+. The number of nitrogens with zero attached hydrogens (tertiary/aromatic N) is 1. The Bertz CT molecular complexity index is 1710. The molecule has 2 N–H and O–H groups in total. The Balaban J connectivity index is 1.32. The third-order valence-electron chi connectivity index (χ3n) is 6.28. The van der Waals surface area contributed by atoms with Crippen molar-refractivity contribution in [2.75, 3.05) is 10.6 Å². The lowest BCUT2D eigenvalue weighted by atomic mass is 10.0. The van der Waals surface area contributed by atoms with Crippen LogP contribution in [0.3, 0.4) is 0 Å². The largest absolute Gasteiger partial charge is 0.325 e. The van der Waals surface area contributed by atoms with Crippen molar-refractivity contribution in [1.29, 1.82) is 0 Å². The zero-order valence-corrected chi connectivity index (χ0v) is 23.2. The Hall–Kier alpha value is -5.14. The van der Waals surface area contributed by atoms with Gasteiger partial charge in [0.25, 0.3) is 0 Å². The van der Waals surface area contributed by atoms with Gasteiger partial charge in [-0.3, -0.25) is 14.4 Å². The molecule has 0 saturated heterocycles. The van der Waals surface area contributed by atoms with Gasteiger partial charge in [0.15, 0.2) is 5.78 Å². The van der Waals surface area contributed by atoms with Crippen molar-refractivity contribution in [1.82, 2.24) is 4.98 Å². The molecule has 0 unspecified atom stereocenters. The van der Waals surface area contributed by atoms with Crippen molar-refractivity contribution in [3.63, 3.8) is 0 Å². The summed E-state index contributed by atoms with van der Waals surface area (Å²) in [6, 6.07) is 31.3. The Kier molecular flexibility index (Phi) is 8.57. The van der Waals surface area contributed by atoms with Crippen molar-refractivity contribution in [2.45, 2.75) is 13.3 Å². The van der Waals surface area contributed by atoms with Crippen molar-refractivity contribution in [3.05, 3.63) is 143 Å². The molecule has 5 rings (SSSR count). The molecule has 0 spiro atoms. The lowest BCUT2D eigenvalue weighted by Crippen LogP contribution is -2.18. The first kappa shape index (κ1) is 27.4. The number of ketones is 1. The molecular formula is C34H27N3O3S. The summed E-state index contributed by atoms with van der Waals surface area (Å²) in [5.41, 5.74) is 5.24. The summed E-state index contributed by atoms with van der Waals surface area (Å²) >= 11 is 1.50. The van der Waals surface area contributed by atoms with Gasteiger partial charge in [0.1, 0.15) is 5.01 Å². The Morgan fingerprint density at radius 3 is 2.27 bits per heavy atom. The van der Waals surface area contributed by atoms with E-state index in [1.807, 2.05) is 73.0 Å². The fourth-order valence-corrected chi connectivity index (χ4v) is 4.96. The lowest BCUT2D eigenvalue weighted by Gasteiger charge is -2.13. The van der Waals surface area contributed by atoms with Gasteiger partial charge in [-0.05, 0) is 36.8 Å². The molecule has 0 bridgehead atoms. The SMILES string of the molecule is Cc1ccc(CC(=O)Nc2ccc(NC(=O)/C=C/c3csc(-c4ccccc4)n3)cc2C(=O)c2ccccc2)cc1. The summed E-state index contributed by atoms with van der Waals surface area (Å²) in [6.07, 6.45) is 3.22. The smallest absolute Gasteiger partial charge is 0.248 e. The highest BCUT2D eigenvalue weighted by Crippen LogP contribution is 2.26. The molecule has 41 heavy (non-hydrogen) atoms. The van der Waals surface area contributed by atoms with Gasteiger partial charge < -0.3 is 10.6 Å². The minimum absolute atomic E-state index is 0.172.